The average molecular weight is 348 g/mol. The number of hydrogen-bond donors (Lipinski definition) is 2. The first-order valence-corrected chi connectivity index (χ1v) is 9.03. The number of benzene rings is 1. The fraction of sp³-hybridized carbons (Fsp3) is 0.650. The molecule has 5 heteroatoms. The molecule has 1 aromatic rings. The number of amides is 1. The molecule has 1 unspecified atom stereocenters. The first-order chi connectivity index (χ1) is 11.6. The Morgan fingerprint density at radius 3 is 2.56 bits per heavy atom. The van der Waals surface area contributed by atoms with Gasteiger partial charge in [0.05, 0.1) is 18.5 Å². The predicted molar refractivity (Wildman–Crippen MR) is 103 cm³/mol. The highest BCUT2D eigenvalue weighted by Gasteiger charge is 2.28. The molecule has 5 nitrogen and oxygen atoms in total. The summed E-state index contributed by atoms with van der Waals surface area (Å²) in [5.41, 5.74) is 1.39. The van der Waals surface area contributed by atoms with Crippen molar-refractivity contribution in [1.29, 1.82) is 0 Å². The predicted octanol–water partition coefficient (Wildman–Crippen LogP) is 5.42. The van der Waals surface area contributed by atoms with Gasteiger partial charge in [0, 0.05) is 12.1 Å². The molecule has 1 atom stereocenters. The molecule has 140 valence electrons. The highest BCUT2D eigenvalue weighted by atomic mass is 16.6. The largest absolute Gasteiger partial charge is 0.497 e. The van der Waals surface area contributed by atoms with E-state index < -0.39 is 11.7 Å². The lowest BCUT2D eigenvalue weighted by Crippen LogP contribution is -2.32. The van der Waals surface area contributed by atoms with Crippen LogP contribution in [-0.4, -0.2) is 24.8 Å². The van der Waals surface area contributed by atoms with Gasteiger partial charge in [0.1, 0.15) is 11.4 Å². The smallest absolute Gasteiger partial charge is 0.412 e. The molecule has 1 fully saturated rings. The molecule has 0 aromatic heterocycles. The molecule has 0 spiro atoms. The van der Waals surface area contributed by atoms with Crippen molar-refractivity contribution in [3.63, 3.8) is 0 Å². The van der Waals surface area contributed by atoms with Crippen LogP contribution in [-0.2, 0) is 4.74 Å². The van der Waals surface area contributed by atoms with Gasteiger partial charge in [0.25, 0.3) is 0 Å². The summed E-state index contributed by atoms with van der Waals surface area (Å²) in [6.07, 6.45) is 4.25. The molecule has 1 aliphatic rings. The number of rotatable bonds is 4. The number of anilines is 2. The van der Waals surface area contributed by atoms with Crippen molar-refractivity contribution < 1.29 is 14.3 Å². The SMILES string of the molecule is COc1ccc(NC(=O)OC(C)(C)C)c(NC2CCCC(C)(C)C2)c1. The van der Waals surface area contributed by atoms with Crippen LogP contribution in [0.4, 0.5) is 16.2 Å². The van der Waals surface area contributed by atoms with Crippen LogP contribution in [0.5, 0.6) is 5.75 Å². The zero-order valence-corrected chi connectivity index (χ0v) is 16.4. The molecular weight excluding hydrogens is 316 g/mol. The van der Waals surface area contributed by atoms with E-state index in [9.17, 15) is 4.79 Å². The van der Waals surface area contributed by atoms with Gasteiger partial charge in [-0.25, -0.2) is 4.79 Å². The summed E-state index contributed by atoms with van der Waals surface area (Å²) in [5, 5.41) is 6.45. The number of hydrogen-bond acceptors (Lipinski definition) is 4. The Bertz CT molecular complexity index is 605. The van der Waals surface area contributed by atoms with Gasteiger partial charge in [-0.1, -0.05) is 20.3 Å². The molecular formula is C20H32N2O3. The van der Waals surface area contributed by atoms with Crippen LogP contribution >= 0.6 is 0 Å². The zero-order valence-electron chi connectivity index (χ0n) is 16.4. The van der Waals surface area contributed by atoms with E-state index in [-0.39, 0.29) is 0 Å². The average Bonchev–Trinajstić information content (AvgIpc) is 2.46. The maximum absolute atomic E-state index is 12.1. The molecule has 0 radical (unpaired) electrons. The van der Waals surface area contributed by atoms with Gasteiger partial charge in [-0.2, -0.15) is 0 Å². The monoisotopic (exact) mass is 348 g/mol. The van der Waals surface area contributed by atoms with Crippen LogP contribution in [0.15, 0.2) is 18.2 Å². The highest BCUT2D eigenvalue weighted by Crippen LogP contribution is 2.38. The first kappa shape index (κ1) is 19.4. The lowest BCUT2D eigenvalue weighted by Gasteiger charge is -2.36. The third-order valence-corrected chi connectivity index (χ3v) is 4.43. The summed E-state index contributed by atoms with van der Waals surface area (Å²) in [7, 11) is 1.64. The van der Waals surface area contributed by atoms with Gasteiger partial charge in [-0.05, 0) is 57.6 Å². The second-order valence-corrected chi connectivity index (χ2v) is 8.64. The van der Waals surface area contributed by atoms with E-state index in [0.717, 1.165) is 24.3 Å². The van der Waals surface area contributed by atoms with Gasteiger partial charge < -0.3 is 14.8 Å². The maximum atomic E-state index is 12.1. The van der Waals surface area contributed by atoms with E-state index in [1.54, 1.807) is 7.11 Å². The van der Waals surface area contributed by atoms with Gasteiger partial charge in [-0.3, -0.25) is 5.32 Å². The van der Waals surface area contributed by atoms with E-state index in [2.05, 4.69) is 24.5 Å². The summed E-state index contributed by atoms with van der Waals surface area (Å²) < 4.78 is 10.7. The molecule has 1 amide bonds. The molecule has 1 aromatic carbocycles. The number of carbonyl (C=O) groups is 1. The number of ether oxygens (including phenoxy) is 2. The van der Waals surface area contributed by atoms with Crippen molar-refractivity contribution in [2.75, 3.05) is 17.7 Å². The van der Waals surface area contributed by atoms with Gasteiger partial charge in [0.2, 0.25) is 0 Å². The van der Waals surface area contributed by atoms with E-state index in [1.165, 1.54) is 12.8 Å². The Labute approximate surface area is 151 Å². The summed E-state index contributed by atoms with van der Waals surface area (Å²) >= 11 is 0. The third kappa shape index (κ3) is 6.15. The Kier molecular flexibility index (Phi) is 5.86. The zero-order chi connectivity index (χ0) is 18.7. The lowest BCUT2D eigenvalue weighted by atomic mass is 9.75. The Morgan fingerprint density at radius 1 is 1.24 bits per heavy atom. The summed E-state index contributed by atoms with van der Waals surface area (Å²) in [6.45, 7) is 10.2. The minimum absolute atomic E-state index is 0.341. The minimum Gasteiger partial charge on any atom is -0.497 e. The molecule has 2 rings (SSSR count). The van der Waals surface area contributed by atoms with Crippen molar-refractivity contribution in [3.8, 4) is 5.75 Å². The second kappa shape index (κ2) is 7.54. The molecule has 1 saturated carbocycles. The number of carbonyl (C=O) groups excluding carboxylic acids is 1. The fourth-order valence-corrected chi connectivity index (χ4v) is 3.33. The third-order valence-electron chi connectivity index (χ3n) is 4.43. The highest BCUT2D eigenvalue weighted by molar-refractivity contribution is 5.90. The van der Waals surface area contributed by atoms with Gasteiger partial charge in [-0.15, -0.1) is 0 Å². The first-order valence-electron chi connectivity index (χ1n) is 9.03. The van der Waals surface area contributed by atoms with Crippen LogP contribution in [0.1, 0.15) is 60.3 Å². The van der Waals surface area contributed by atoms with Crippen molar-refractivity contribution in [2.45, 2.75) is 71.9 Å². The Hall–Kier alpha value is -1.91. The molecule has 0 heterocycles. The molecule has 0 saturated heterocycles. The molecule has 2 N–H and O–H groups in total. The lowest BCUT2D eigenvalue weighted by molar-refractivity contribution is 0.0636. The Balaban J connectivity index is 2.15. The number of methoxy groups -OCH3 is 1. The van der Waals surface area contributed by atoms with E-state index in [4.69, 9.17) is 9.47 Å². The van der Waals surface area contributed by atoms with Crippen molar-refractivity contribution in [2.24, 2.45) is 5.41 Å². The van der Waals surface area contributed by atoms with E-state index in [1.807, 2.05) is 39.0 Å². The second-order valence-electron chi connectivity index (χ2n) is 8.64. The van der Waals surface area contributed by atoms with Gasteiger partial charge in [0.15, 0.2) is 0 Å². The quantitative estimate of drug-likeness (QED) is 0.762. The standard InChI is InChI=1S/C20H32N2O3/c1-19(2,3)25-18(23)22-16-10-9-15(24-6)12-17(16)21-14-8-7-11-20(4,5)13-14/h9-10,12,14,21H,7-8,11,13H2,1-6H3,(H,22,23). The Morgan fingerprint density at radius 2 is 1.96 bits per heavy atom. The maximum Gasteiger partial charge on any atom is 0.412 e. The van der Waals surface area contributed by atoms with Crippen molar-refractivity contribution in [1.82, 2.24) is 0 Å². The molecule has 0 bridgehead atoms. The topological polar surface area (TPSA) is 59.6 Å². The van der Waals surface area contributed by atoms with Crippen molar-refractivity contribution in [3.05, 3.63) is 18.2 Å². The van der Waals surface area contributed by atoms with Crippen LogP contribution in [0, 0.1) is 5.41 Å². The van der Waals surface area contributed by atoms with Crippen molar-refractivity contribution >= 4 is 17.5 Å². The molecule has 0 aliphatic heterocycles. The van der Waals surface area contributed by atoms with Crippen LogP contribution < -0.4 is 15.4 Å². The fourth-order valence-electron chi connectivity index (χ4n) is 3.33. The summed E-state index contributed by atoms with van der Waals surface area (Å²) in [4.78, 5) is 12.1. The summed E-state index contributed by atoms with van der Waals surface area (Å²) in [5.74, 6) is 0.757. The van der Waals surface area contributed by atoms with E-state index in [0.29, 0.717) is 17.1 Å². The van der Waals surface area contributed by atoms with Crippen LogP contribution in [0.2, 0.25) is 0 Å². The normalized spacial score (nSPS) is 19.8. The number of nitrogens with one attached hydrogen (secondary N) is 2. The van der Waals surface area contributed by atoms with Gasteiger partial charge >= 0.3 is 6.09 Å². The minimum atomic E-state index is -0.530. The van der Waals surface area contributed by atoms with E-state index >= 15 is 0 Å². The molecule has 25 heavy (non-hydrogen) atoms. The summed E-state index contributed by atoms with van der Waals surface area (Å²) in [6, 6.07) is 5.99. The molecule has 1 aliphatic carbocycles. The van der Waals surface area contributed by atoms with Crippen LogP contribution in [0.25, 0.3) is 0 Å². The van der Waals surface area contributed by atoms with Crippen LogP contribution in [0.3, 0.4) is 0 Å².